The molecule has 0 aliphatic heterocycles. The third-order valence-electron chi connectivity index (χ3n) is 3.84. The van der Waals surface area contributed by atoms with Crippen LogP contribution < -0.4 is 5.32 Å². The lowest BCUT2D eigenvalue weighted by Crippen LogP contribution is -2.26. The lowest BCUT2D eigenvalue weighted by molar-refractivity contribution is 0.0593. The van der Waals surface area contributed by atoms with Crippen LogP contribution >= 0.6 is 0 Å². The summed E-state index contributed by atoms with van der Waals surface area (Å²) in [7, 11) is 1.34. The summed E-state index contributed by atoms with van der Waals surface area (Å²) in [5, 5.41) is 11.3. The first kappa shape index (κ1) is 13.8. The molecule has 1 aromatic heterocycles. The van der Waals surface area contributed by atoms with Gasteiger partial charge in [0.2, 0.25) is 0 Å². The van der Waals surface area contributed by atoms with Gasteiger partial charge in [-0.15, -0.1) is 10.2 Å². The van der Waals surface area contributed by atoms with Crippen LogP contribution in [-0.4, -0.2) is 29.3 Å². The fraction of sp³-hybridized carbons (Fsp3) is 0.643. The lowest BCUT2D eigenvalue weighted by Gasteiger charge is -2.28. The molecule has 0 bridgehead atoms. The number of anilines is 1. The number of methoxy groups -OCH3 is 1. The van der Waals surface area contributed by atoms with E-state index < -0.39 is 5.97 Å². The van der Waals surface area contributed by atoms with Gasteiger partial charge in [-0.2, -0.15) is 0 Å². The maximum absolute atomic E-state index is 11.2. The predicted molar refractivity (Wildman–Crippen MR) is 73.0 cm³/mol. The Morgan fingerprint density at radius 1 is 1.32 bits per heavy atom. The van der Waals surface area contributed by atoms with Crippen molar-refractivity contribution in [1.82, 2.24) is 10.2 Å². The largest absolute Gasteiger partial charge is 0.464 e. The Labute approximate surface area is 113 Å². The first-order chi connectivity index (χ1) is 9.22. The zero-order chi connectivity index (χ0) is 13.7. The van der Waals surface area contributed by atoms with Crippen molar-refractivity contribution in [1.29, 1.82) is 0 Å². The molecule has 1 N–H and O–H groups in total. The summed E-state index contributed by atoms with van der Waals surface area (Å²) in [6, 6.07) is 3.89. The molecule has 0 aromatic carbocycles. The van der Waals surface area contributed by atoms with Crippen molar-refractivity contribution in [3.8, 4) is 0 Å². The number of hydrogen-bond acceptors (Lipinski definition) is 5. The Balaban J connectivity index is 1.88. The van der Waals surface area contributed by atoms with E-state index in [9.17, 15) is 4.79 Å². The van der Waals surface area contributed by atoms with Crippen LogP contribution in [0.25, 0.3) is 0 Å². The molecular formula is C14H21N3O2. The Morgan fingerprint density at radius 2 is 2.05 bits per heavy atom. The molecule has 104 valence electrons. The highest BCUT2D eigenvalue weighted by molar-refractivity contribution is 5.86. The second-order valence-corrected chi connectivity index (χ2v) is 5.07. The first-order valence-corrected chi connectivity index (χ1v) is 6.91. The topological polar surface area (TPSA) is 64.1 Å². The summed E-state index contributed by atoms with van der Waals surface area (Å²) in [6.45, 7) is 2.26. The van der Waals surface area contributed by atoms with Crippen LogP contribution in [0.5, 0.6) is 0 Å². The second kappa shape index (κ2) is 6.50. The van der Waals surface area contributed by atoms with Crippen molar-refractivity contribution in [2.75, 3.05) is 12.4 Å². The zero-order valence-corrected chi connectivity index (χ0v) is 11.6. The van der Waals surface area contributed by atoms with E-state index in [-0.39, 0.29) is 5.69 Å². The van der Waals surface area contributed by atoms with Gasteiger partial charge in [-0.05, 0) is 43.7 Å². The van der Waals surface area contributed by atoms with Gasteiger partial charge in [-0.25, -0.2) is 4.79 Å². The van der Waals surface area contributed by atoms with E-state index in [1.807, 2.05) is 0 Å². The van der Waals surface area contributed by atoms with Crippen molar-refractivity contribution in [2.24, 2.45) is 5.92 Å². The zero-order valence-electron chi connectivity index (χ0n) is 11.6. The summed E-state index contributed by atoms with van der Waals surface area (Å²) >= 11 is 0. The van der Waals surface area contributed by atoms with Crippen LogP contribution in [0.15, 0.2) is 12.1 Å². The molecule has 5 heteroatoms. The summed E-state index contributed by atoms with van der Waals surface area (Å²) in [5.74, 6) is 1.15. The van der Waals surface area contributed by atoms with E-state index in [1.165, 1.54) is 39.2 Å². The van der Waals surface area contributed by atoms with Crippen molar-refractivity contribution in [2.45, 2.75) is 45.1 Å². The second-order valence-electron chi connectivity index (χ2n) is 5.07. The fourth-order valence-electron chi connectivity index (χ4n) is 2.55. The number of nitrogens with zero attached hydrogens (tertiary/aromatic N) is 2. The molecule has 19 heavy (non-hydrogen) atoms. The molecule has 1 aliphatic rings. The normalized spacial score (nSPS) is 22.8. The monoisotopic (exact) mass is 263 g/mol. The molecule has 0 unspecified atom stereocenters. The number of ether oxygens (including phenoxy) is 1. The first-order valence-electron chi connectivity index (χ1n) is 6.91. The Bertz CT molecular complexity index is 411. The molecule has 1 saturated carbocycles. The summed E-state index contributed by atoms with van der Waals surface area (Å²) < 4.78 is 4.59. The molecule has 0 amide bonds. The van der Waals surface area contributed by atoms with Crippen LogP contribution in [0, 0.1) is 5.92 Å². The van der Waals surface area contributed by atoms with Gasteiger partial charge in [-0.1, -0.05) is 13.3 Å². The van der Waals surface area contributed by atoms with Gasteiger partial charge < -0.3 is 10.1 Å². The van der Waals surface area contributed by atoms with Gasteiger partial charge in [0.1, 0.15) is 5.82 Å². The minimum Gasteiger partial charge on any atom is -0.464 e. The molecule has 0 saturated heterocycles. The van der Waals surface area contributed by atoms with Crippen molar-refractivity contribution in [3.63, 3.8) is 0 Å². The van der Waals surface area contributed by atoms with E-state index in [1.54, 1.807) is 12.1 Å². The van der Waals surface area contributed by atoms with Gasteiger partial charge in [-0.3, -0.25) is 0 Å². The number of nitrogens with one attached hydrogen (secondary N) is 1. The van der Waals surface area contributed by atoms with E-state index in [4.69, 9.17) is 0 Å². The highest BCUT2D eigenvalue weighted by Crippen LogP contribution is 2.27. The van der Waals surface area contributed by atoms with E-state index in [2.05, 4.69) is 27.2 Å². The molecule has 1 heterocycles. The average molecular weight is 263 g/mol. The minimum absolute atomic E-state index is 0.239. The minimum atomic E-state index is -0.456. The van der Waals surface area contributed by atoms with Gasteiger partial charge in [0.15, 0.2) is 5.69 Å². The number of aromatic nitrogens is 2. The third-order valence-corrected chi connectivity index (χ3v) is 3.84. The van der Waals surface area contributed by atoms with Gasteiger partial charge in [0.25, 0.3) is 0 Å². The number of hydrogen-bond donors (Lipinski definition) is 1. The maximum Gasteiger partial charge on any atom is 0.358 e. The fourth-order valence-corrected chi connectivity index (χ4v) is 2.55. The van der Waals surface area contributed by atoms with Crippen LogP contribution in [0.4, 0.5) is 5.82 Å². The van der Waals surface area contributed by atoms with Gasteiger partial charge in [0, 0.05) is 6.04 Å². The maximum atomic E-state index is 11.2. The summed E-state index contributed by atoms with van der Waals surface area (Å²) in [5.41, 5.74) is 0.239. The number of rotatable bonds is 4. The van der Waals surface area contributed by atoms with Crippen LogP contribution in [0.2, 0.25) is 0 Å². The molecule has 2 rings (SSSR count). The Morgan fingerprint density at radius 3 is 2.58 bits per heavy atom. The standard InChI is InChI=1S/C14H21N3O2/c1-3-10-4-6-11(7-5-10)15-13-9-8-12(16-17-13)14(18)19-2/h8-11H,3-7H2,1-2H3,(H,15,17). The Hall–Kier alpha value is -1.65. The average Bonchev–Trinajstić information content (AvgIpc) is 2.48. The van der Waals surface area contributed by atoms with Crippen molar-refractivity contribution < 1.29 is 9.53 Å². The lowest BCUT2D eigenvalue weighted by atomic mass is 9.84. The Kier molecular flexibility index (Phi) is 4.71. The molecule has 1 aromatic rings. The highest BCUT2D eigenvalue weighted by atomic mass is 16.5. The molecule has 0 atom stereocenters. The molecule has 1 fully saturated rings. The van der Waals surface area contributed by atoms with Crippen LogP contribution in [0.1, 0.15) is 49.5 Å². The predicted octanol–water partition coefficient (Wildman–Crippen LogP) is 2.64. The van der Waals surface area contributed by atoms with Crippen LogP contribution in [0.3, 0.4) is 0 Å². The molecule has 5 nitrogen and oxygen atoms in total. The van der Waals surface area contributed by atoms with E-state index in [0.29, 0.717) is 6.04 Å². The van der Waals surface area contributed by atoms with E-state index >= 15 is 0 Å². The van der Waals surface area contributed by atoms with E-state index in [0.717, 1.165) is 11.7 Å². The smallest absolute Gasteiger partial charge is 0.358 e. The molecule has 0 radical (unpaired) electrons. The van der Waals surface area contributed by atoms with Gasteiger partial charge in [0.05, 0.1) is 7.11 Å². The molecular weight excluding hydrogens is 242 g/mol. The number of esters is 1. The number of carbonyl (C=O) groups excluding carboxylic acids is 1. The van der Waals surface area contributed by atoms with Crippen LogP contribution in [-0.2, 0) is 4.74 Å². The number of carbonyl (C=O) groups is 1. The molecule has 1 aliphatic carbocycles. The van der Waals surface area contributed by atoms with Crippen molar-refractivity contribution in [3.05, 3.63) is 17.8 Å². The highest BCUT2D eigenvalue weighted by Gasteiger charge is 2.20. The third kappa shape index (κ3) is 3.66. The van der Waals surface area contributed by atoms with Gasteiger partial charge >= 0.3 is 5.97 Å². The quantitative estimate of drug-likeness (QED) is 0.846. The summed E-state index contributed by atoms with van der Waals surface area (Å²) in [4.78, 5) is 11.2. The SMILES string of the molecule is CCC1CCC(Nc2ccc(C(=O)OC)nn2)CC1. The summed E-state index contributed by atoms with van der Waals surface area (Å²) in [6.07, 6.45) is 6.20. The molecule has 0 spiro atoms. The van der Waals surface area contributed by atoms with Crippen molar-refractivity contribution >= 4 is 11.8 Å².